The molecular weight excluding hydrogens is 509 g/mol. The van der Waals surface area contributed by atoms with Crippen molar-refractivity contribution in [3.8, 4) is 0 Å². The second kappa shape index (κ2) is 12.4. The van der Waals surface area contributed by atoms with E-state index in [9.17, 15) is 18.0 Å². The summed E-state index contributed by atoms with van der Waals surface area (Å²) in [4.78, 5) is 19.8. The van der Waals surface area contributed by atoms with E-state index in [1.54, 1.807) is 12.1 Å². The Balaban J connectivity index is 1.21. The molecule has 0 aliphatic carbocycles. The van der Waals surface area contributed by atoms with Gasteiger partial charge in [-0.3, -0.25) is 4.79 Å². The van der Waals surface area contributed by atoms with E-state index in [2.05, 4.69) is 27.2 Å². The third kappa shape index (κ3) is 8.21. The number of alkyl halides is 3. The van der Waals surface area contributed by atoms with Crippen LogP contribution in [0, 0.1) is 0 Å². The molecule has 2 aliphatic rings. The molecule has 2 fully saturated rings. The van der Waals surface area contributed by atoms with Crippen LogP contribution in [-0.4, -0.2) is 73.1 Å². The summed E-state index contributed by atoms with van der Waals surface area (Å²) in [6.07, 6.45) is 3.38. The Kier molecular flexibility index (Phi) is 9.30. The number of thioether (sulfide) groups is 1. The van der Waals surface area contributed by atoms with Crippen LogP contribution in [0.1, 0.15) is 25.7 Å². The molecule has 2 saturated heterocycles. The molecule has 1 N–H and O–H groups in total. The summed E-state index contributed by atoms with van der Waals surface area (Å²) in [7, 11) is 0. The number of benzene rings is 2. The smallest absolute Gasteiger partial charge is 0.381 e. The quantitative estimate of drug-likeness (QED) is 0.439. The summed E-state index contributed by atoms with van der Waals surface area (Å²) < 4.78 is 37.6. The molecule has 0 bridgehead atoms. The molecular formula is C26H32ClF3N4OS. The van der Waals surface area contributed by atoms with Gasteiger partial charge in [0.25, 0.3) is 0 Å². The first-order valence-electron chi connectivity index (χ1n) is 12.4. The summed E-state index contributed by atoms with van der Waals surface area (Å²) in [5.74, 6) is 0.164. The van der Waals surface area contributed by atoms with Gasteiger partial charge >= 0.3 is 5.51 Å². The van der Waals surface area contributed by atoms with Crippen molar-refractivity contribution in [2.75, 3.05) is 56.0 Å². The molecule has 2 aromatic rings. The van der Waals surface area contributed by atoms with Gasteiger partial charge in [-0.1, -0.05) is 11.6 Å². The molecule has 2 aliphatic heterocycles. The van der Waals surface area contributed by atoms with Crippen LogP contribution >= 0.6 is 23.4 Å². The highest BCUT2D eigenvalue weighted by molar-refractivity contribution is 8.00. The molecule has 36 heavy (non-hydrogen) atoms. The van der Waals surface area contributed by atoms with Gasteiger partial charge in [-0.2, -0.15) is 13.2 Å². The number of halogens is 4. The number of carbonyl (C=O) groups is 1. The fraction of sp³-hybridized carbons (Fsp3) is 0.500. The van der Waals surface area contributed by atoms with E-state index in [0.717, 1.165) is 69.2 Å². The number of amides is 1. The summed E-state index contributed by atoms with van der Waals surface area (Å²) in [6.45, 7) is 5.92. The lowest BCUT2D eigenvalue weighted by atomic mass is 10.0. The van der Waals surface area contributed by atoms with Crippen molar-refractivity contribution in [1.82, 2.24) is 9.80 Å². The van der Waals surface area contributed by atoms with Crippen LogP contribution in [0.2, 0.25) is 5.02 Å². The topological polar surface area (TPSA) is 38.8 Å². The number of nitrogens with one attached hydrogen (secondary N) is 1. The average Bonchev–Trinajstić information content (AvgIpc) is 3.09. The highest BCUT2D eigenvalue weighted by Crippen LogP contribution is 2.37. The van der Waals surface area contributed by atoms with Crippen molar-refractivity contribution in [2.45, 2.75) is 42.1 Å². The minimum Gasteiger partial charge on any atom is -0.381 e. The lowest BCUT2D eigenvalue weighted by molar-refractivity contribution is -0.132. The Labute approximate surface area is 219 Å². The summed E-state index contributed by atoms with van der Waals surface area (Å²) >= 11 is 5.90. The average molecular weight is 541 g/mol. The number of nitrogens with zero attached hydrogens (tertiary/aromatic N) is 3. The number of carbonyl (C=O) groups excluding carboxylic acids is 1. The van der Waals surface area contributed by atoms with Gasteiger partial charge in [0.15, 0.2) is 0 Å². The zero-order valence-electron chi connectivity index (χ0n) is 20.1. The second-order valence-electron chi connectivity index (χ2n) is 9.30. The number of hydrogen-bond donors (Lipinski definition) is 1. The van der Waals surface area contributed by atoms with Crippen LogP contribution < -0.4 is 10.2 Å². The van der Waals surface area contributed by atoms with Gasteiger partial charge in [-0.25, -0.2) is 0 Å². The molecule has 0 spiro atoms. The fourth-order valence-corrected chi connectivity index (χ4v) is 5.49. The molecule has 1 unspecified atom stereocenters. The largest absolute Gasteiger partial charge is 0.446 e. The maximum absolute atomic E-state index is 13.0. The molecule has 4 rings (SSSR count). The van der Waals surface area contributed by atoms with Gasteiger partial charge in [0.1, 0.15) is 0 Å². The van der Waals surface area contributed by atoms with Crippen LogP contribution in [0.15, 0.2) is 53.4 Å². The first-order valence-corrected chi connectivity index (χ1v) is 13.6. The van der Waals surface area contributed by atoms with Crippen LogP contribution in [0.5, 0.6) is 0 Å². The zero-order valence-corrected chi connectivity index (χ0v) is 21.7. The molecule has 2 aromatic carbocycles. The second-order valence-corrected chi connectivity index (χ2v) is 10.9. The molecule has 0 aromatic heterocycles. The molecule has 1 atom stereocenters. The molecule has 10 heteroatoms. The third-order valence-electron chi connectivity index (χ3n) is 6.65. The molecule has 196 valence electrons. The van der Waals surface area contributed by atoms with E-state index < -0.39 is 5.51 Å². The van der Waals surface area contributed by atoms with Crippen molar-refractivity contribution in [1.29, 1.82) is 0 Å². The number of hydrogen-bond acceptors (Lipinski definition) is 5. The Morgan fingerprint density at radius 1 is 0.972 bits per heavy atom. The Bertz CT molecular complexity index is 990. The normalized spacial score (nSPS) is 19.7. The van der Waals surface area contributed by atoms with Crippen LogP contribution in [-0.2, 0) is 4.79 Å². The van der Waals surface area contributed by atoms with Crippen LogP contribution in [0.3, 0.4) is 0 Å². The van der Waals surface area contributed by atoms with Crippen molar-refractivity contribution in [2.24, 2.45) is 0 Å². The molecule has 0 saturated carbocycles. The number of likely N-dealkylation sites (tertiary alicyclic amines) is 1. The summed E-state index contributed by atoms with van der Waals surface area (Å²) in [6, 6.07) is 14.3. The Morgan fingerprint density at radius 3 is 2.44 bits per heavy atom. The van der Waals surface area contributed by atoms with Crippen molar-refractivity contribution in [3.63, 3.8) is 0 Å². The van der Waals surface area contributed by atoms with Gasteiger partial charge in [-0.05, 0) is 86.1 Å². The van der Waals surface area contributed by atoms with Crippen molar-refractivity contribution >= 4 is 40.6 Å². The zero-order chi connectivity index (χ0) is 25.5. The lowest BCUT2D eigenvalue weighted by Gasteiger charge is -2.34. The monoisotopic (exact) mass is 540 g/mol. The van der Waals surface area contributed by atoms with E-state index in [0.29, 0.717) is 13.0 Å². The molecule has 2 heterocycles. The van der Waals surface area contributed by atoms with Crippen molar-refractivity contribution < 1.29 is 18.0 Å². The maximum atomic E-state index is 13.0. The predicted molar refractivity (Wildman–Crippen MR) is 141 cm³/mol. The Hall–Kier alpha value is -2.10. The SMILES string of the molecule is O=C(CCN1CCCN(c2ccc(Cl)cc2)CC1)N1CCCC(Nc2ccc(SC(F)(F)F)cc2)C1. The fourth-order valence-electron chi connectivity index (χ4n) is 4.83. The molecule has 5 nitrogen and oxygen atoms in total. The van der Waals surface area contributed by atoms with Crippen molar-refractivity contribution in [3.05, 3.63) is 53.6 Å². The van der Waals surface area contributed by atoms with Crippen LogP contribution in [0.25, 0.3) is 0 Å². The van der Waals surface area contributed by atoms with Gasteiger partial charge in [-0.15, -0.1) is 0 Å². The lowest BCUT2D eigenvalue weighted by Crippen LogP contribution is -2.46. The highest BCUT2D eigenvalue weighted by atomic mass is 35.5. The molecule has 0 radical (unpaired) electrons. The van der Waals surface area contributed by atoms with E-state index in [-0.39, 0.29) is 28.6 Å². The Morgan fingerprint density at radius 2 is 1.72 bits per heavy atom. The molecule has 1 amide bonds. The van der Waals surface area contributed by atoms with Gasteiger partial charge in [0, 0.05) is 73.0 Å². The first-order chi connectivity index (χ1) is 17.2. The van der Waals surface area contributed by atoms with Gasteiger partial charge in [0.05, 0.1) is 0 Å². The van der Waals surface area contributed by atoms with E-state index in [1.165, 1.54) is 17.8 Å². The summed E-state index contributed by atoms with van der Waals surface area (Å²) in [5, 5.41) is 4.12. The minimum absolute atomic E-state index is 0.0925. The number of piperidine rings is 1. The first kappa shape index (κ1) is 26.9. The standard InChI is InChI=1S/C26H32ClF3N4OS/c27-20-4-8-23(9-5-20)33-15-2-13-32(17-18-33)16-12-25(35)34-14-1-3-22(19-34)31-21-6-10-24(11-7-21)36-26(28,29)30/h4-11,22,31H,1-3,12-19H2. The predicted octanol–water partition coefficient (Wildman–Crippen LogP) is 5.96. The van der Waals surface area contributed by atoms with E-state index in [4.69, 9.17) is 11.6 Å². The minimum atomic E-state index is -4.29. The maximum Gasteiger partial charge on any atom is 0.446 e. The highest BCUT2D eigenvalue weighted by Gasteiger charge is 2.29. The number of rotatable bonds is 7. The van der Waals surface area contributed by atoms with E-state index >= 15 is 0 Å². The third-order valence-corrected chi connectivity index (χ3v) is 7.65. The van der Waals surface area contributed by atoms with Crippen LogP contribution in [0.4, 0.5) is 24.5 Å². The number of anilines is 2. The van der Waals surface area contributed by atoms with Gasteiger partial charge < -0.3 is 20.0 Å². The van der Waals surface area contributed by atoms with E-state index in [1.807, 2.05) is 17.0 Å². The summed E-state index contributed by atoms with van der Waals surface area (Å²) in [5.41, 5.74) is -2.34. The van der Waals surface area contributed by atoms with Gasteiger partial charge in [0.2, 0.25) is 5.91 Å².